The largest absolute Gasteiger partial charge is 0.744 e. The molecule has 0 saturated heterocycles. The maximum atomic E-state index is 12.8. The van der Waals surface area contributed by atoms with Gasteiger partial charge in [0.25, 0.3) is 0 Å². The van der Waals surface area contributed by atoms with Crippen LogP contribution in [0.2, 0.25) is 0 Å². The van der Waals surface area contributed by atoms with E-state index < -0.39 is 31.1 Å². The Hall–Kier alpha value is -6.39. The number of hydrogen-bond acceptors (Lipinski definition) is 10. The molecule has 1 amide bonds. The fourth-order valence-electron chi connectivity index (χ4n) is 9.17. The zero-order valence-corrected chi connectivity index (χ0v) is 42.8. The van der Waals surface area contributed by atoms with E-state index in [0.717, 1.165) is 69.4 Å². The summed E-state index contributed by atoms with van der Waals surface area (Å²) in [5, 5.41) is 6.37. The number of amides is 1. The molecule has 4 aromatic rings. The number of ether oxygens (including phenoxy) is 1. The van der Waals surface area contributed by atoms with Gasteiger partial charge in [0.2, 0.25) is 11.6 Å². The van der Waals surface area contributed by atoms with Crippen molar-refractivity contribution < 1.29 is 44.6 Å². The normalized spacial score (nSPS) is 16.4. The van der Waals surface area contributed by atoms with Crippen LogP contribution in [0.4, 0.5) is 17.1 Å². The number of benzene rings is 4. The molecular formula is C55H63N5O8S2. The predicted octanol–water partition coefficient (Wildman–Crippen LogP) is 8.57. The first-order chi connectivity index (χ1) is 33.0. The molecule has 4 aromatic carbocycles. The van der Waals surface area contributed by atoms with Gasteiger partial charge in [0.15, 0.2) is 11.4 Å². The van der Waals surface area contributed by atoms with Gasteiger partial charge in [0.05, 0.1) is 21.8 Å². The second kappa shape index (κ2) is 20.9. The monoisotopic (exact) mass is 985 g/mol. The molecule has 13 nitrogen and oxygen atoms in total. The van der Waals surface area contributed by atoms with Crippen molar-refractivity contribution in [2.45, 2.75) is 80.4 Å². The third-order valence-electron chi connectivity index (χ3n) is 13.3. The molecule has 0 unspecified atom stereocenters. The average molecular weight is 986 g/mol. The van der Waals surface area contributed by atoms with Gasteiger partial charge >= 0.3 is 0 Å². The first-order valence-electron chi connectivity index (χ1n) is 23.5. The third kappa shape index (κ3) is 11.6. The molecule has 2 heterocycles. The quantitative estimate of drug-likeness (QED) is 0.0559. The van der Waals surface area contributed by atoms with E-state index >= 15 is 0 Å². The lowest BCUT2D eigenvalue weighted by atomic mass is 9.81. The Labute approximate surface area is 413 Å². The van der Waals surface area contributed by atoms with Crippen LogP contribution in [0, 0.1) is 0 Å². The van der Waals surface area contributed by atoms with Crippen molar-refractivity contribution >= 4 is 60.2 Å². The van der Waals surface area contributed by atoms with Crippen molar-refractivity contribution in [3.8, 4) is 5.75 Å². The van der Waals surface area contributed by atoms with E-state index in [1.807, 2.05) is 86.2 Å². The summed E-state index contributed by atoms with van der Waals surface area (Å²) < 4.78 is 81.8. The van der Waals surface area contributed by atoms with Crippen molar-refractivity contribution in [1.29, 1.82) is 0 Å². The van der Waals surface area contributed by atoms with Crippen molar-refractivity contribution in [1.82, 2.24) is 5.32 Å². The van der Waals surface area contributed by atoms with Gasteiger partial charge in [-0.3, -0.25) is 4.79 Å². The minimum Gasteiger partial charge on any atom is -0.744 e. The van der Waals surface area contributed by atoms with Crippen LogP contribution in [0.15, 0.2) is 149 Å². The molecule has 15 heteroatoms. The van der Waals surface area contributed by atoms with E-state index in [2.05, 4.69) is 85.4 Å². The standard InChI is InChI=1S/C55H63N5O8S2/c1-54(2)46-36-44(69(62,63)64)29-31-48(46)57-50(54)14-12-15-51-55(3,4)47-37-45(70(65,66)67)30-32-49(47)60(51)34-11-9-10-16-52(61)56-33-13-35-68-43-27-21-40(22-28-43)53(38-17-23-41(24-18-38)58(5)6)39-19-25-42(26-20-39)59(7)8/h12,14-15,17-32,36-37H,9-11,13,16,33-35H2,1-8H3,(H2-,56,61,62,63,64,65,66,67). The van der Waals surface area contributed by atoms with Crippen LogP contribution >= 0.6 is 0 Å². The Bertz CT molecular complexity index is 3100. The summed E-state index contributed by atoms with van der Waals surface area (Å²) in [6, 6.07) is 25.5. The first kappa shape index (κ1) is 51.5. The van der Waals surface area contributed by atoms with Crippen molar-refractivity contribution in [2.75, 3.05) is 58.1 Å². The van der Waals surface area contributed by atoms with Crippen molar-refractivity contribution in [3.63, 3.8) is 0 Å². The molecule has 7 rings (SSSR count). The summed E-state index contributed by atoms with van der Waals surface area (Å²) in [5.74, 6) is 0.731. The van der Waals surface area contributed by atoms with E-state index in [1.54, 1.807) is 12.1 Å². The maximum absolute atomic E-state index is 12.8. The van der Waals surface area contributed by atoms with Crippen LogP contribution in [-0.4, -0.2) is 100 Å². The lowest BCUT2D eigenvalue weighted by molar-refractivity contribution is -0.462. The zero-order chi connectivity index (χ0) is 50.6. The van der Waals surface area contributed by atoms with Crippen molar-refractivity contribution in [3.05, 3.63) is 161 Å². The molecule has 2 N–H and O–H groups in total. The highest BCUT2D eigenvalue weighted by Gasteiger charge is 2.44. The summed E-state index contributed by atoms with van der Waals surface area (Å²) in [5.41, 5.74) is 10.0. The molecule has 0 aromatic heterocycles. The van der Waals surface area contributed by atoms with Crippen LogP contribution in [0.3, 0.4) is 0 Å². The number of anilines is 2. The number of fused-ring (bicyclic) bond motifs is 2. The van der Waals surface area contributed by atoms with Gasteiger partial charge in [0.1, 0.15) is 46.6 Å². The molecule has 70 heavy (non-hydrogen) atoms. The van der Waals surface area contributed by atoms with Crippen LogP contribution in [0.5, 0.6) is 5.75 Å². The van der Waals surface area contributed by atoms with Gasteiger partial charge in [0, 0.05) is 85.8 Å². The average Bonchev–Trinajstić information content (AvgIpc) is 3.69. The summed E-state index contributed by atoms with van der Waals surface area (Å²) in [6.45, 7) is 9.38. The van der Waals surface area contributed by atoms with Crippen LogP contribution < -0.4 is 20.3 Å². The Morgan fingerprint density at radius 1 is 0.771 bits per heavy atom. The summed E-state index contributed by atoms with van der Waals surface area (Å²) in [7, 11) is -1.19. The Morgan fingerprint density at radius 2 is 1.39 bits per heavy atom. The number of unbranched alkanes of at least 4 members (excludes halogenated alkanes) is 2. The van der Waals surface area contributed by atoms with E-state index in [0.29, 0.717) is 55.8 Å². The molecule has 0 atom stereocenters. The molecule has 0 spiro atoms. The summed E-state index contributed by atoms with van der Waals surface area (Å²) in [6.07, 6.45) is 17.6. The lowest BCUT2D eigenvalue weighted by Crippen LogP contribution is -2.28. The Balaban J connectivity index is 0.924. The van der Waals surface area contributed by atoms with Gasteiger partial charge in [-0.25, -0.2) is 21.4 Å². The highest BCUT2D eigenvalue weighted by Crippen LogP contribution is 2.45. The van der Waals surface area contributed by atoms with E-state index in [4.69, 9.17) is 4.74 Å². The number of carbonyl (C=O) groups is 1. The number of rotatable bonds is 18. The highest BCUT2D eigenvalue weighted by atomic mass is 32.2. The molecular weight excluding hydrogens is 923 g/mol. The Kier molecular flexibility index (Phi) is 15.4. The molecule has 3 aliphatic rings. The number of nitrogens with one attached hydrogen (secondary N) is 2. The summed E-state index contributed by atoms with van der Waals surface area (Å²) in [4.78, 5) is 14.4. The second-order valence-corrected chi connectivity index (χ2v) is 22.0. The lowest BCUT2D eigenvalue weighted by Gasteiger charge is -2.21. The second-order valence-electron chi connectivity index (χ2n) is 19.3. The van der Waals surface area contributed by atoms with E-state index in [1.165, 1.54) is 24.3 Å². The fraction of sp³-hybridized carbons (Fsp3) is 0.327. The number of hydrogen-bond donors (Lipinski definition) is 2. The fourth-order valence-corrected chi connectivity index (χ4v) is 10.2. The molecule has 0 saturated carbocycles. The Morgan fingerprint density at radius 3 is 2.00 bits per heavy atom. The maximum Gasteiger partial charge on any atom is 0.219 e. The highest BCUT2D eigenvalue weighted by molar-refractivity contribution is 7.86. The van der Waals surface area contributed by atoms with Crippen LogP contribution in [0.1, 0.15) is 82.1 Å². The van der Waals surface area contributed by atoms with Gasteiger partial charge in [-0.15, -0.1) is 0 Å². The van der Waals surface area contributed by atoms with E-state index in [-0.39, 0.29) is 15.7 Å². The predicted molar refractivity (Wildman–Crippen MR) is 276 cm³/mol. The molecule has 368 valence electrons. The minimum atomic E-state index is -4.69. The van der Waals surface area contributed by atoms with E-state index in [9.17, 15) is 30.7 Å². The molecule has 2 aliphatic heterocycles. The van der Waals surface area contributed by atoms with Gasteiger partial charge in [-0.05, 0) is 134 Å². The van der Waals surface area contributed by atoms with Crippen LogP contribution in [-0.2, 0) is 35.9 Å². The number of nitrogens with zero attached hydrogens (tertiary/aromatic N) is 3. The molecule has 0 fully saturated rings. The van der Waals surface area contributed by atoms with Gasteiger partial charge in [-0.2, -0.15) is 4.58 Å². The molecule has 0 radical (unpaired) electrons. The first-order valence-corrected chi connectivity index (χ1v) is 26.3. The third-order valence-corrected chi connectivity index (χ3v) is 14.9. The van der Waals surface area contributed by atoms with Gasteiger partial charge in [-0.1, -0.05) is 44.2 Å². The number of allylic oxidation sites excluding steroid dienone is 9. The zero-order valence-electron chi connectivity index (χ0n) is 41.2. The van der Waals surface area contributed by atoms with Gasteiger partial charge < -0.3 is 29.4 Å². The smallest absolute Gasteiger partial charge is 0.219 e. The minimum absolute atomic E-state index is 0.0247. The molecule has 0 bridgehead atoms. The number of carbonyl (C=O) groups excluding carboxylic acids is 1. The topological polar surface area (TPSA) is 174 Å². The molecule has 1 aliphatic carbocycles. The van der Waals surface area contributed by atoms with Crippen molar-refractivity contribution in [2.24, 2.45) is 0 Å². The summed E-state index contributed by atoms with van der Waals surface area (Å²) >= 11 is 0. The van der Waals surface area contributed by atoms with Crippen LogP contribution in [0.25, 0.3) is 5.57 Å². The SMILES string of the molecule is CN(C)c1ccc(C(=C2C=CC(=[N+](C)C)C=C2)c2ccc(OCCCNC(=O)CCCCC[N+]3=C(/C=C/C=C4/Nc5ccc(S(=O)(=O)[O-])cc5C4(C)C)C(C)(C)c4cc(S(=O)(=O)[O-])ccc43)cc2)cc1.